The van der Waals surface area contributed by atoms with Crippen molar-refractivity contribution in [1.82, 2.24) is 15.3 Å². The van der Waals surface area contributed by atoms with E-state index in [1.165, 1.54) is 18.9 Å². The van der Waals surface area contributed by atoms with Crippen molar-refractivity contribution < 1.29 is 14.3 Å². The Balaban J connectivity index is 2.51. The summed E-state index contributed by atoms with van der Waals surface area (Å²) in [6, 6.07) is 1.09. The number of rotatable bonds is 7. The van der Waals surface area contributed by atoms with Crippen LogP contribution in [0.5, 0.6) is 0 Å². The van der Waals surface area contributed by atoms with Gasteiger partial charge in [0.1, 0.15) is 6.04 Å². The minimum atomic E-state index is -0.616. The number of nitrogens with zero attached hydrogens (tertiary/aromatic N) is 2. The largest absolute Gasteiger partial charge is 0.467 e. The van der Waals surface area contributed by atoms with Gasteiger partial charge in [-0.05, 0) is 12.0 Å². The first kappa shape index (κ1) is 16.4. The van der Waals surface area contributed by atoms with Crippen LogP contribution in [0.25, 0.3) is 0 Å². The summed E-state index contributed by atoms with van der Waals surface area (Å²) < 4.78 is 4.71. The molecule has 1 N–H and O–H groups in total. The molecule has 0 aliphatic rings. The first-order valence-corrected chi connectivity index (χ1v) is 7.34. The van der Waals surface area contributed by atoms with Gasteiger partial charge >= 0.3 is 5.97 Å². The van der Waals surface area contributed by atoms with Crippen LogP contribution >= 0.6 is 11.8 Å². The second-order valence-electron chi connectivity index (χ2n) is 4.27. The third-order valence-corrected chi connectivity index (χ3v) is 3.73. The summed E-state index contributed by atoms with van der Waals surface area (Å²) >= 11 is 1.22. The third kappa shape index (κ3) is 5.16. The Morgan fingerprint density at radius 1 is 1.40 bits per heavy atom. The van der Waals surface area contributed by atoms with Gasteiger partial charge in [0, 0.05) is 12.4 Å². The van der Waals surface area contributed by atoms with E-state index in [-0.39, 0.29) is 17.6 Å². The first-order chi connectivity index (χ1) is 9.58. The molecule has 0 radical (unpaired) electrons. The van der Waals surface area contributed by atoms with Crippen LogP contribution in [-0.4, -0.2) is 40.7 Å². The summed E-state index contributed by atoms with van der Waals surface area (Å²) in [6.45, 7) is 3.86. The van der Waals surface area contributed by atoms with E-state index in [9.17, 15) is 9.59 Å². The topological polar surface area (TPSA) is 81.2 Å². The Labute approximate surface area is 122 Å². The maximum atomic E-state index is 11.9. The third-order valence-electron chi connectivity index (χ3n) is 2.86. The molecular formula is C13H19N3O3S. The van der Waals surface area contributed by atoms with E-state index in [0.29, 0.717) is 5.16 Å². The minimum Gasteiger partial charge on any atom is -0.467 e. The summed E-state index contributed by atoms with van der Waals surface area (Å²) in [5, 5.41) is 3.23. The van der Waals surface area contributed by atoms with E-state index in [4.69, 9.17) is 4.74 Å². The number of nitrogens with one attached hydrogen (secondary N) is 1. The van der Waals surface area contributed by atoms with Gasteiger partial charge in [-0.3, -0.25) is 4.79 Å². The van der Waals surface area contributed by atoms with Crippen LogP contribution in [-0.2, 0) is 14.3 Å². The number of hydrogen-bond donors (Lipinski definition) is 1. The average Bonchev–Trinajstić information content (AvgIpc) is 2.50. The quantitative estimate of drug-likeness (QED) is 0.464. The van der Waals surface area contributed by atoms with Gasteiger partial charge in [-0.1, -0.05) is 32.0 Å². The molecule has 0 aromatic carbocycles. The van der Waals surface area contributed by atoms with Gasteiger partial charge < -0.3 is 10.1 Å². The van der Waals surface area contributed by atoms with Crippen LogP contribution in [0, 0.1) is 5.92 Å². The average molecular weight is 297 g/mol. The molecule has 1 aromatic heterocycles. The summed E-state index contributed by atoms with van der Waals surface area (Å²) in [6.07, 6.45) is 4.00. The van der Waals surface area contributed by atoms with Crippen molar-refractivity contribution >= 4 is 23.6 Å². The van der Waals surface area contributed by atoms with E-state index < -0.39 is 12.0 Å². The molecule has 110 valence electrons. The lowest BCUT2D eigenvalue weighted by atomic mass is 9.99. The Morgan fingerprint density at radius 2 is 2.05 bits per heavy atom. The van der Waals surface area contributed by atoms with Crippen molar-refractivity contribution in [2.24, 2.45) is 5.92 Å². The van der Waals surface area contributed by atoms with Crippen molar-refractivity contribution in [3.8, 4) is 0 Å². The smallest absolute Gasteiger partial charge is 0.328 e. The van der Waals surface area contributed by atoms with Crippen LogP contribution in [0.15, 0.2) is 23.6 Å². The second kappa shape index (κ2) is 8.52. The van der Waals surface area contributed by atoms with E-state index >= 15 is 0 Å². The number of esters is 1. The minimum absolute atomic E-state index is 0.0179. The molecule has 1 rings (SSSR count). The summed E-state index contributed by atoms with van der Waals surface area (Å²) in [5.41, 5.74) is 0. The molecule has 6 nitrogen and oxygen atoms in total. The molecule has 0 fully saturated rings. The van der Waals surface area contributed by atoms with Crippen molar-refractivity contribution in [3.63, 3.8) is 0 Å². The fourth-order valence-corrected chi connectivity index (χ4v) is 2.12. The normalized spacial score (nSPS) is 13.3. The Bertz CT molecular complexity index is 442. The molecule has 0 aliphatic heterocycles. The Hall–Kier alpha value is -1.63. The van der Waals surface area contributed by atoms with Crippen LogP contribution in [0.1, 0.15) is 20.3 Å². The molecule has 0 saturated heterocycles. The number of methoxy groups -OCH3 is 1. The molecule has 1 heterocycles. The van der Waals surface area contributed by atoms with Crippen LogP contribution in [0.3, 0.4) is 0 Å². The molecule has 2 atom stereocenters. The number of ether oxygens (including phenoxy) is 1. The van der Waals surface area contributed by atoms with Crippen molar-refractivity contribution in [3.05, 3.63) is 18.5 Å². The van der Waals surface area contributed by atoms with Crippen molar-refractivity contribution in [2.45, 2.75) is 31.5 Å². The van der Waals surface area contributed by atoms with Gasteiger partial charge in [-0.2, -0.15) is 0 Å². The molecule has 1 amide bonds. The Kier molecular flexibility index (Phi) is 7.00. The number of carbonyl (C=O) groups excluding carboxylic acids is 2. The molecule has 20 heavy (non-hydrogen) atoms. The molecule has 0 aliphatic carbocycles. The standard InChI is InChI=1S/C13H19N3O3S/c1-4-9(2)11(12(18)19-3)16-10(17)8-20-13-14-6-5-7-15-13/h5-7,9,11H,4,8H2,1-3H3,(H,16,17)/t9-,11+/m0/s1. The summed E-state index contributed by atoms with van der Waals surface area (Å²) in [4.78, 5) is 31.6. The van der Waals surface area contributed by atoms with Crippen LogP contribution in [0.4, 0.5) is 0 Å². The maximum Gasteiger partial charge on any atom is 0.328 e. The monoisotopic (exact) mass is 297 g/mol. The molecule has 0 saturated carbocycles. The lowest BCUT2D eigenvalue weighted by molar-refractivity contribution is -0.146. The van der Waals surface area contributed by atoms with Gasteiger partial charge in [0.25, 0.3) is 0 Å². The highest BCUT2D eigenvalue weighted by Gasteiger charge is 2.26. The lowest BCUT2D eigenvalue weighted by Gasteiger charge is -2.21. The number of aromatic nitrogens is 2. The van der Waals surface area contributed by atoms with Crippen molar-refractivity contribution in [1.29, 1.82) is 0 Å². The van der Waals surface area contributed by atoms with E-state index in [1.807, 2.05) is 13.8 Å². The molecule has 1 aromatic rings. The van der Waals surface area contributed by atoms with Gasteiger partial charge in [-0.15, -0.1) is 0 Å². The second-order valence-corrected chi connectivity index (χ2v) is 5.22. The van der Waals surface area contributed by atoms with Crippen LogP contribution in [0.2, 0.25) is 0 Å². The number of amides is 1. The molecule has 7 heteroatoms. The van der Waals surface area contributed by atoms with Crippen molar-refractivity contribution in [2.75, 3.05) is 12.9 Å². The first-order valence-electron chi connectivity index (χ1n) is 6.35. The zero-order valence-electron chi connectivity index (χ0n) is 11.8. The zero-order valence-corrected chi connectivity index (χ0v) is 12.6. The SMILES string of the molecule is CC[C@H](C)[C@@H](NC(=O)CSc1ncccn1)C(=O)OC. The Morgan fingerprint density at radius 3 is 2.60 bits per heavy atom. The van der Waals surface area contributed by atoms with E-state index in [1.54, 1.807) is 18.5 Å². The van der Waals surface area contributed by atoms with Crippen LogP contribution < -0.4 is 5.32 Å². The van der Waals surface area contributed by atoms with E-state index in [0.717, 1.165) is 6.42 Å². The number of carbonyl (C=O) groups is 2. The lowest BCUT2D eigenvalue weighted by Crippen LogP contribution is -2.46. The highest BCUT2D eigenvalue weighted by atomic mass is 32.2. The van der Waals surface area contributed by atoms with Gasteiger partial charge in [-0.25, -0.2) is 14.8 Å². The zero-order chi connectivity index (χ0) is 15.0. The highest BCUT2D eigenvalue weighted by Crippen LogP contribution is 2.12. The molecule has 0 bridgehead atoms. The predicted molar refractivity (Wildman–Crippen MR) is 76.2 cm³/mol. The molecular weight excluding hydrogens is 278 g/mol. The summed E-state index contributed by atoms with van der Waals surface area (Å²) in [7, 11) is 1.32. The highest BCUT2D eigenvalue weighted by molar-refractivity contribution is 7.99. The maximum absolute atomic E-state index is 11.9. The number of thioether (sulfide) groups is 1. The molecule has 0 spiro atoms. The number of hydrogen-bond acceptors (Lipinski definition) is 6. The molecule has 0 unspecified atom stereocenters. The summed E-state index contributed by atoms with van der Waals surface area (Å²) in [5.74, 6) is -0.482. The van der Waals surface area contributed by atoms with Gasteiger partial charge in [0.05, 0.1) is 12.9 Å². The fourth-order valence-electron chi connectivity index (χ4n) is 1.50. The predicted octanol–water partition coefficient (Wildman–Crippen LogP) is 1.27. The van der Waals surface area contributed by atoms with E-state index in [2.05, 4.69) is 15.3 Å². The fraction of sp³-hybridized carbons (Fsp3) is 0.538. The van der Waals surface area contributed by atoms with Gasteiger partial charge in [0.2, 0.25) is 5.91 Å². The van der Waals surface area contributed by atoms with Gasteiger partial charge in [0.15, 0.2) is 5.16 Å².